The third-order valence-electron chi connectivity index (χ3n) is 2.18. The highest BCUT2D eigenvalue weighted by Gasteiger charge is 2.07. The standard InChI is InChI=1S/C11H16ClN/c1-7(2)9-4-5-10(8(3)13)11(12)6-9/h4-8H,13H2,1-3H3. The van der Waals surface area contributed by atoms with Crippen LogP contribution in [0.2, 0.25) is 5.02 Å². The second-order valence-electron chi connectivity index (χ2n) is 3.72. The lowest BCUT2D eigenvalue weighted by Crippen LogP contribution is -2.05. The summed E-state index contributed by atoms with van der Waals surface area (Å²) in [6.07, 6.45) is 0. The van der Waals surface area contributed by atoms with Crippen molar-refractivity contribution in [2.75, 3.05) is 0 Å². The maximum absolute atomic E-state index is 6.09. The van der Waals surface area contributed by atoms with Gasteiger partial charge in [0.05, 0.1) is 0 Å². The minimum atomic E-state index is 0.00807. The molecule has 1 nitrogen and oxygen atoms in total. The van der Waals surface area contributed by atoms with Crippen LogP contribution in [0.3, 0.4) is 0 Å². The monoisotopic (exact) mass is 197 g/mol. The van der Waals surface area contributed by atoms with Crippen molar-refractivity contribution >= 4 is 11.6 Å². The van der Waals surface area contributed by atoms with E-state index < -0.39 is 0 Å². The summed E-state index contributed by atoms with van der Waals surface area (Å²) in [6.45, 7) is 6.24. The quantitative estimate of drug-likeness (QED) is 0.772. The molecule has 1 aromatic carbocycles. The zero-order valence-corrected chi connectivity index (χ0v) is 9.10. The first-order valence-corrected chi connectivity index (χ1v) is 4.95. The second-order valence-corrected chi connectivity index (χ2v) is 4.13. The Hall–Kier alpha value is -0.530. The van der Waals surface area contributed by atoms with Crippen LogP contribution in [0.1, 0.15) is 43.9 Å². The lowest BCUT2D eigenvalue weighted by Gasteiger charge is -2.11. The van der Waals surface area contributed by atoms with Crippen molar-refractivity contribution in [2.45, 2.75) is 32.7 Å². The van der Waals surface area contributed by atoms with Crippen molar-refractivity contribution in [3.8, 4) is 0 Å². The molecule has 13 heavy (non-hydrogen) atoms. The smallest absolute Gasteiger partial charge is 0.0456 e. The molecule has 72 valence electrons. The predicted molar refractivity (Wildman–Crippen MR) is 58.1 cm³/mol. The number of rotatable bonds is 2. The third kappa shape index (κ3) is 2.45. The first-order chi connectivity index (χ1) is 6.02. The molecule has 1 atom stereocenters. The van der Waals surface area contributed by atoms with Crippen LogP contribution in [0.15, 0.2) is 18.2 Å². The maximum atomic E-state index is 6.09. The summed E-state index contributed by atoms with van der Waals surface area (Å²) < 4.78 is 0. The Morgan fingerprint density at radius 3 is 2.23 bits per heavy atom. The molecule has 1 unspecified atom stereocenters. The van der Waals surface area contributed by atoms with Crippen molar-refractivity contribution in [1.29, 1.82) is 0 Å². The number of nitrogens with two attached hydrogens (primary N) is 1. The van der Waals surface area contributed by atoms with Crippen LogP contribution in [0.5, 0.6) is 0 Å². The topological polar surface area (TPSA) is 26.0 Å². The Morgan fingerprint density at radius 2 is 1.85 bits per heavy atom. The average Bonchev–Trinajstić information content (AvgIpc) is 2.03. The molecule has 0 aliphatic heterocycles. The Bertz CT molecular complexity index is 292. The van der Waals surface area contributed by atoms with E-state index in [2.05, 4.69) is 19.9 Å². The molecule has 0 saturated heterocycles. The zero-order chi connectivity index (χ0) is 10.0. The van der Waals surface area contributed by atoms with Gasteiger partial charge < -0.3 is 5.73 Å². The molecule has 0 radical (unpaired) electrons. The fourth-order valence-corrected chi connectivity index (χ4v) is 1.63. The molecule has 2 heteroatoms. The van der Waals surface area contributed by atoms with Crippen LogP contribution in [0, 0.1) is 0 Å². The van der Waals surface area contributed by atoms with Crippen LogP contribution < -0.4 is 5.73 Å². The molecule has 0 aliphatic rings. The molecular formula is C11H16ClN. The SMILES string of the molecule is CC(C)c1ccc(C(C)N)c(Cl)c1. The highest BCUT2D eigenvalue weighted by Crippen LogP contribution is 2.25. The molecule has 0 aromatic heterocycles. The van der Waals surface area contributed by atoms with E-state index in [-0.39, 0.29) is 6.04 Å². The van der Waals surface area contributed by atoms with Gasteiger partial charge in [0.15, 0.2) is 0 Å². The van der Waals surface area contributed by atoms with Gasteiger partial charge in [0, 0.05) is 11.1 Å². The van der Waals surface area contributed by atoms with Gasteiger partial charge >= 0.3 is 0 Å². The van der Waals surface area contributed by atoms with Crippen LogP contribution in [-0.2, 0) is 0 Å². The molecule has 0 fully saturated rings. The predicted octanol–water partition coefficient (Wildman–Crippen LogP) is 3.48. The fourth-order valence-electron chi connectivity index (χ4n) is 1.27. The van der Waals surface area contributed by atoms with Gasteiger partial charge in [-0.3, -0.25) is 0 Å². The normalized spacial score (nSPS) is 13.4. The molecule has 0 bridgehead atoms. The van der Waals surface area contributed by atoms with E-state index >= 15 is 0 Å². The second kappa shape index (κ2) is 4.12. The molecule has 0 spiro atoms. The van der Waals surface area contributed by atoms with Gasteiger partial charge in [0.2, 0.25) is 0 Å². The van der Waals surface area contributed by atoms with Gasteiger partial charge in [-0.25, -0.2) is 0 Å². The first-order valence-electron chi connectivity index (χ1n) is 4.57. The van der Waals surface area contributed by atoms with Gasteiger partial charge in [-0.1, -0.05) is 37.6 Å². The van der Waals surface area contributed by atoms with Crippen molar-refractivity contribution in [3.63, 3.8) is 0 Å². The molecule has 1 aromatic rings. The number of hydrogen-bond donors (Lipinski definition) is 1. The van der Waals surface area contributed by atoms with Gasteiger partial charge in [0.25, 0.3) is 0 Å². The van der Waals surface area contributed by atoms with Crippen molar-refractivity contribution in [2.24, 2.45) is 5.73 Å². The fraction of sp³-hybridized carbons (Fsp3) is 0.455. The van der Waals surface area contributed by atoms with E-state index in [1.807, 2.05) is 19.1 Å². The van der Waals surface area contributed by atoms with Crippen LogP contribution in [0.4, 0.5) is 0 Å². The molecule has 1 rings (SSSR count). The van der Waals surface area contributed by atoms with E-state index in [9.17, 15) is 0 Å². The van der Waals surface area contributed by atoms with E-state index in [1.165, 1.54) is 5.56 Å². The van der Waals surface area contributed by atoms with Gasteiger partial charge in [-0.05, 0) is 30.0 Å². The lowest BCUT2D eigenvalue weighted by molar-refractivity contribution is 0.811. The van der Waals surface area contributed by atoms with E-state index in [0.29, 0.717) is 5.92 Å². The minimum Gasteiger partial charge on any atom is -0.324 e. The summed E-state index contributed by atoms with van der Waals surface area (Å²) in [7, 11) is 0. The van der Waals surface area contributed by atoms with Crippen molar-refractivity contribution in [1.82, 2.24) is 0 Å². The number of hydrogen-bond acceptors (Lipinski definition) is 1. The van der Waals surface area contributed by atoms with Gasteiger partial charge in [-0.15, -0.1) is 0 Å². The summed E-state index contributed by atoms with van der Waals surface area (Å²) in [5, 5.41) is 0.779. The minimum absolute atomic E-state index is 0.00807. The Labute approximate surface area is 84.9 Å². The van der Waals surface area contributed by atoms with E-state index in [1.54, 1.807) is 0 Å². The maximum Gasteiger partial charge on any atom is 0.0456 e. The van der Waals surface area contributed by atoms with Crippen LogP contribution in [-0.4, -0.2) is 0 Å². The molecular weight excluding hydrogens is 182 g/mol. The van der Waals surface area contributed by atoms with Crippen LogP contribution in [0.25, 0.3) is 0 Å². The zero-order valence-electron chi connectivity index (χ0n) is 8.34. The van der Waals surface area contributed by atoms with E-state index in [4.69, 9.17) is 17.3 Å². The summed E-state index contributed by atoms with van der Waals surface area (Å²) in [4.78, 5) is 0. The summed E-state index contributed by atoms with van der Waals surface area (Å²) >= 11 is 6.09. The number of benzene rings is 1. The largest absolute Gasteiger partial charge is 0.324 e. The van der Waals surface area contributed by atoms with Gasteiger partial charge in [-0.2, -0.15) is 0 Å². The molecule has 0 saturated carbocycles. The molecule has 2 N–H and O–H groups in total. The van der Waals surface area contributed by atoms with E-state index in [0.717, 1.165) is 10.6 Å². The van der Waals surface area contributed by atoms with Crippen LogP contribution >= 0.6 is 11.6 Å². The van der Waals surface area contributed by atoms with Gasteiger partial charge in [0.1, 0.15) is 0 Å². The average molecular weight is 198 g/mol. The van der Waals surface area contributed by atoms with Crippen molar-refractivity contribution < 1.29 is 0 Å². The lowest BCUT2D eigenvalue weighted by atomic mass is 10.00. The summed E-state index contributed by atoms with van der Waals surface area (Å²) in [5.41, 5.74) is 8.03. The highest BCUT2D eigenvalue weighted by atomic mass is 35.5. The Kier molecular flexibility index (Phi) is 3.34. The highest BCUT2D eigenvalue weighted by molar-refractivity contribution is 6.31. The van der Waals surface area contributed by atoms with Crippen molar-refractivity contribution in [3.05, 3.63) is 34.3 Å². The molecule has 0 heterocycles. The summed E-state index contributed by atoms with van der Waals surface area (Å²) in [6, 6.07) is 6.12. The molecule has 0 amide bonds. The summed E-state index contributed by atoms with van der Waals surface area (Å²) in [5.74, 6) is 0.514. The number of halogens is 1. The Morgan fingerprint density at radius 1 is 1.23 bits per heavy atom. The first kappa shape index (κ1) is 10.6. The third-order valence-corrected chi connectivity index (χ3v) is 2.51. The molecule has 0 aliphatic carbocycles. The Balaban J connectivity index is 3.06.